The first-order chi connectivity index (χ1) is 30.6. The fourth-order valence-electron chi connectivity index (χ4n) is 6.24. The molecule has 0 aromatic carbocycles. The van der Waals surface area contributed by atoms with Crippen LogP contribution in [-0.4, -0.2) is 169 Å². The molecular formula is C33H54N7O22P3S. The summed E-state index contributed by atoms with van der Waals surface area (Å²) in [7, 11) is -16.5. The van der Waals surface area contributed by atoms with Gasteiger partial charge in [0.05, 0.1) is 44.3 Å². The molecule has 4 heterocycles. The van der Waals surface area contributed by atoms with Gasteiger partial charge in [0.2, 0.25) is 11.8 Å². The normalized spacial score (nSPS) is 26.5. The molecule has 0 saturated carbocycles. The Morgan fingerprint density at radius 2 is 1.68 bits per heavy atom. The smallest absolute Gasteiger partial charge is 0.390 e. The van der Waals surface area contributed by atoms with E-state index in [1.54, 1.807) is 13.8 Å². The Kier molecular flexibility index (Phi) is 19.9. The summed E-state index contributed by atoms with van der Waals surface area (Å²) < 4.78 is 73.2. The number of ether oxygens (including phenoxy) is 3. The molecule has 2 fully saturated rings. The number of hydrogen-bond donors (Lipinski definition) is 11. The number of aromatic nitrogens is 4. The largest absolute Gasteiger partial charge is 0.481 e. The molecule has 2 unspecified atom stereocenters. The summed E-state index contributed by atoms with van der Waals surface area (Å²) in [6.07, 6.45) is -11.9. The maximum absolute atomic E-state index is 12.7. The van der Waals surface area contributed by atoms with E-state index in [2.05, 4.69) is 34.4 Å². The highest BCUT2D eigenvalue weighted by Gasteiger charge is 2.50. The average Bonchev–Trinajstić information content (AvgIpc) is 3.76. The number of imidazole rings is 1. The molecule has 12 N–H and O–H groups in total. The summed E-state index contributed by atoms with van der Waals surface area (Å²) in [4.78, 5) is 101. The summed E-state index contributed by atoms with van der Waals surface area (Å²) in [6, 6.07) is 0. The first kappa shape index (κ1) is 55.7. The number of nitrogens with two attached hydrogens (primary N) is 1. The van der Waals surface area contributed by atoms with Crippen molar-refractivity contribution in [2.45, 2.75) is 115 Å². The first-order valence-corrected chi connectivity index (χ1v) is 25.3. The Morgan fingerprint density at radius 3 is 2.36 bits per heavy atom. The second-order valence-corrected chi connectivity index (χ2v) is 21.1. The number of rotatable bonds is 25. The number of phosphoric acid groups is 3. The van der Waals surface area contributed by atoms with Crippen LogP contribution in [0.25, 0.3) is 11.2 Å². The number of carbonyl (C=O) groups is 4. The molecule has 0 aliphatic carbocycles. The molecule has 29 nitrogen and oxygen atoms in total. The van der Waals surface area contributed by atoms with Gasteiger partial charge in [-0.05, 0) is 13.8 Å². The number of nitrogens with zero attached hydrogens (tertiary/aromatic N) is 4. The van der Waals surface area contributed by atoms with E-state index in [1.165, 1.54) is 13.8 Å². The lowest BCUT2D eigenvalue weighted by molar-refractivity contribution is -0.272. The highest BCUT2D eigenvalue weighted by molar-refractivity contribution is 8.13. The molecule has 12 atom stereocenters. The van der Waals surface area contributed by atoms with E-state index in [0.717, 1.165) is 29.0 Å². The Balaban J connectivity index is 1.14. The quantitative estimate of drug-likeness (QED) is 0.0299. The van der Waals surface area contributed by atoms with Crippen LogP contribution in [0.2, 0.25) is 0 Å². The van der Waals surface area contributed by atoms with E-state index >= 15 is 0 Å². The number of aliphatic hydroxyl groups excluding tert-OH is 4. The van der Waals surface area contributed by atoms with Crippen molar-refractivity contribution >= 4 is 74.9 Å². The van der Waals surface area contributed by atoms with Gasteiger partial charge in [-0.3, -0.25) is 37.3 Å². The average molecular weight is 1030 g/mol. The number of phosphoric ester groups is 3. The zero-order valence-electron chi connectivity index (χ0n) is 35.7. The molecule has 2 aliphatic rings. The van der Waals surface area contributed by atoms with E-state index in [-0.39, 0.29) is 55.1 Å². The van der Waals surface area contributed by atoms with Gasteiger partial charge in [-0.25, -0.2) is 28.6 Å². The Hall–Kier alpha value is -2.93. The molecule has 0 bridgehead atoms. The first-order valence-electron chi connectivity index (χ1n) is 19.8. The second-order valence-electron chi connectivity index (χ2n) is 15.7. The van der Waals surface area contributed by atoms with Crippen LogP contribution in [0.15, 0.2) is 12.7 Å². The number of nitrogen functional groups attached to an aromatic ring is 1. The van der Waals surface area contributed by atoms with Crippen LogP contribution in [0.3, 0.4) is 0 Å². The molecule has 4 rings (SSSR count). The summed E-state index contributed by atoms with van der Waals surface area (Å²) in [5.74, 6) is -1.93. The maximum atomic E-state index is 12.7. The van der Waals surface area contributed by atoms with Crippen LogP contribution in [0.4, 0.5) is 5.82 Å². The fraction of sp³-hybridized carbons (Fsp3) is 0.727. The third-order valence-corrected chi connectivity index (χ3v) is 13.6. The summed E-state index contributed by atoms with van der Waals surface area (Å²) in [5, 5.41) is 45.7. The molecule has 33 heteroatoms. The zero-order chi connectivity index (χ0) is 49.4. The van der Waals surface area contributed by atoms with Crippen molar-refractivity contribution in [1.29, 1.82) is 0 Å². The third-order valence-electron chi connectivity index (χ3n) is 9.68. The minimum atomic E-state index is -5.61. The van der Waals surface area contributed by atoms with E-state index in [1.807, 2.05) is 0 Å². The molecular weight excluding hydrogens is 971 g/mol. The molecule has 66 heavy (non-hydrogen) atoms. The molecule has 2 amide bonds. The summed E-state index contributed by atoms with van der Waals surface area (Å²) >= 11 is 0.808. The van der Waals surface area contributed by atoms with E-state index < -0.39 is 133 Å². The van der Waals surface area contributed by atoms with Crippen LogP contribution in [0.1, 0.15) is 59.6 Å². The second kappa shape index (κ2) is 23.6. The van der Waals surface area contributed by atoms with Gasteiger partial charge < -0.3 is 70.6 Å². The standard InChI is InChI=1S/C33H54N7O22P3S/c1-16(58-32-20(43)11-19(42)17(2)59-32)9-18(41)10-23(45)66-8-7-35-22(44)5-6-36-30(48)27(47)33(3,4)13-57-65(54,55)62-64(52,53)56-12-21-26(61-63(49,50)51)25(46)31(60-21)40-15-39-24-28(34)37-14-38-29(24)40/h14-17,19-21,25-27,31-32,42-43,46-47H,5-13H2,1-4H3,(H,35,44)(H,36,48)(H,52,53)(H,54,55)(H2,34,37,38)(H2,49,50,51)/t16-,17+,19-,20-,21-,25-,26-,27+,31-,32-/m1/s1. The number of carbonyl (C=O) groups excluding carboxylic acids is 4. The highest BCUT2D eigenvalue weighted by Crippen LogP contribution is 2.61. The van der Waals surface area contributed by atoms with Gasteiger partial charge in [0, 0.05) is 43.5 Å². The lowest BCUT2D eigenvalue weighted by Gasteiger charge is -2.36. The molecule has 0 radical (unpaired) electrons. The topological polar surface area (TPSA) is 440 Å². The number of anilines is 1. The van der Waals surface area contributed by atoms with Crippen molar-refractivity contribution in [1.82, 2.24) is 30.2 Å². The van der Waals surface area contributed by atoms with Gasteiger partial charge in [0.1, 0.15) is 48.1 Å². The van der Waals surface area contributed by atoms with E-state index in [0.29, 0.717) is 0 Å². The van der Waals surface area contributed by atoms with Gasteiger partial charge in [0.25, 0.3) is 0 Å². The molecule has 2 aromatic rings. The number of nitrogens with one attached hydrogen (secondary N) is 2. The van der Waals surface area contributed by atoms with Crippen molar-refractivity contribution in [3.8, 4) is 0 Å². The minimum absolute atomic E-state index is 0.0139. The number of ketones is 1. The van der Waals surface area contributed by atoms with Crippen molar-refractivity contribution in [2.75, 3.05) is 37.8 Å². The monoisotopic (exact) mass is 1030 g/mol. The molecule has 0 spiro atoms. The Morgan fingerprint density at radius 1 is 1.00 bits per heavy atom. The van der Waals surface area contributed by atoms with Gasteiger partial charge in [-0.15, -0.1) is 0 Å². The van der Waals surface area contributed by atoms with Gasteiger partial charge in [-0.1, -0.05) is 25.6 Å². The summed E-state index contributed by atoms with van der Waals surface area (Å²) in [5.41, 5.74) is 4.18. The van der Waals surface area contributed by atoms with Crippen molar-refractivity contribution in [3.05, 3.63) is 12.7 Å². The van der Waals surface area contributed by atoms with Crippen LogP contribution in [-0.2, 0) is 65.0 Å². The van der Waals surface area contributed by atoms with Crippen molar-refractivity contribution in [3.63, 3.8) is 0 Å². The van der Waals surface area contributed by atoms with Crippen molar-refractivity contribution in [2.24, 2.45) is 5.41 Å². The van der Waals surface area contributed by atoms with Gasteiger partial charge in [-0.2, -0.15) is 4.31 Å². The van der Waals surface area contributed by atoms with E-state index in [9.17, 15) is 72.9 Å². The van der Waals surface area contributed by atoms with Crippen LogP contribution < -0.4 is 16.4 Å². The number of thioether (sulfide) groups is 1. The lowest BCUT2D eigenvalue weighted by Crippen LogP contribution is -2.48. The Bertz CT molecular complexity index is 2170. The van der Waals surface area contributed by atoms with Crippen molar-refractivity contribution < 1.29 is 105 Å². The van der Waals surface area contributed by atoms with Gasteiger partial charge >= 0.3 is 23.5 Å². The third kappa shape index (κ3) is 16.6. The van der Waals surface area contributed by atoms with E-state index in [4.69, 9.17) is 29.0 Å². The Labute approximate surface area is 379 Å². The van der Waals surface area contributed by atoms with Gasteiger partial charge in [0.15, 0.2) is 29.1 Å². The number of amides is 2. The SMILES string of the molecule is C[C@H](CC(=O)CC(=O)SCCNC(=O)CCNC(=O)[C@H](O)C(C)(C)COP(=O)(O)OP(=O)(O)OC[C@H]1O[C@@H](n2cnc3c(N)ncnc32)[C@H](O)[C@@H]1OP(=O)(O)O)O[C@@H]1O[C@@H](C)[C@H](O)C[C@H]1O. The predicted octanol–water partition coefficient (Wildman–Crippen LogP) is -1.72. The molecule has 374 valence electrons. The number of aliphatic hydroxyl groups is 4. The predicted molar refractivity (Wildman–Crippen MR) is 223 cm³/mol. The number of Topliss-reactive ketones (excluding diaryl/α,β-unsaturated/α-hetero) is 1. The van der Waals surface area contributed by atoms with Crippen LogP contribution in [0.5, 0.6) is 0 Å². The van der Waals surface area contributed by atoms with Crippen LogP contribution >= 0.6 is 35.2 Å². The molecule has 2 saturated heterocycles. The number of fused-ring (bicyclic) bond motifs is 1. The maximum Gasteiger partial charge on any atom is 0.481 e. The minimum Gasteiger partial charge on any atom is -0.390 e. The summed E-state index contributed by atoms with van der Waals surface area (Å²) in [6.45, 7) is 3.29. The number of hydrogen-bond acceptors (Lipinski definition) is 23. The van der Waals surface area contributed by atoms with Crippen LogP contribution in [0, 0.1) is 5.41 Å². The molecule has 2 aromatic heterocycles. The lowest BCUT2D eigenvalue weighted by atomic mass is 9.87. The fourth-order valence-corrected chi connectivity index (χ4v) is 9.77. The molecule has 2 aliphatic heterocycles. The highest BCUT2D eigenvalue weighted by atomic mass is 32.2. The zero-order valence-corrected chi connectivity index (χ0v) is 39.2.